The van der Waals surface area contributed by atoms with E-state index in [1.807, 2.05) is 6.07 Å². The van der Waals surface area contributed by atoms with Crippen LogP contribution in [0, 0.1) is 5.92 Å². The Morgan fingerprint density at radius 2 is 1.66 bits per heavy atom. The van der Waals surface area contributed by atoms with Crippen LogP contribution in [0.25, 0.3) is 0 Å². The highest BCUT2D eigenvalue weighted by Gasteiger charge is 2.39. The van der Waals surface area contributed by atoms with Crippen molar-refractivity contribution in [2.45, 2.75) is 101 Å². The van der Waals surface area contributed by atoms with Gasteiger partial charge in [0.25, 0.3) is 5.91 Å². The number of nitrogens with one attached hydrogen (secondary N) is 2. The second kappa shape index (κ2) is 11.0. The zero-order valence-electron chi connectivity index (χ0n) is 22.2. The van der Waals surface area contributed by atoms with Gasteiger partial charge in [-0.25, -0.2) is 0 Å². The lowest BCUT2D eigenvalue weighted by molar-refractivity contribution is -0.136. The summed E-state index contributed by atoms with van der Waals surface area (Å²) in [5.41, 5.74) is 4.49. The first-order chi connectivity index (χ1) is 18.5. The molecule has 0 aromatic heterocycles. The molecule has 0 spiro atoms. The van der Waals surface area contributed by atoms with Gasteiger partial charge in [-0.3, -0.25) is 19.7 Å². The molecule has 2 heterocycles. The van der Waals surface area contributed by atoms with Gasteiger partial charge in [0.1, 0.15) is 6.04 Å². The molecular weight excluding hydrogens is 474 g/mol. The van der Waals surface area contributed by atoms with Crippen LogP contribution < -0.4 is 10.6 Å². The summed E-state index contributed by atoms with van der Waals surface area (Å²) in [6.07, 6.45) is 11.8. The van der Waals surface area contributed by atoms with Crippen LogP contribution in [0.5, 0.6) is 0 Å². The van der Waals surface area contributed by atoms with Crippen LogP contribution in [-0.4, -0.2) is 40.7 Å². The standard InChI is InChI=1S/C32H39N3O3/c36-30-17-16-29(31(37)34-30)35-20-25-19-21(10-15-27(25)32(35)38)18-24-8-4-5-9-28(24)33-26-13-11-23(12-14-26)22-6-2-1-3-7-22/h1-3,6-7,10,15,19,23-24,26,28-29,33H,4-5,8-9,11-14,16-18,20H2,(H,34,36,37)/t23-,24-,26-,28+,29?/m1/s1. The summed E-state index contributed by atoms with van der Waals surface area (Å²) in [5, 5.41) is 6.47. The van der Waals surface area contributed by atoms with Crippen molar-refractivity contribution < 1.29 is 14.4 Å². The summed E-state index contributed by atoms with van der Waals surface area (Å²) < 4.78 is 0. The maximum absolute atomic E-state index is 13.1. The van der Waals surface area contributed by atoms with E-state index in [2.05, 4.69) is 53.1 Å². The third kappa shape index (κ3) is 5.28. The average Bonchev–Trinajstić information content (AvgIpc) is 3.26. The molecule has 1 saturated heterocycles. The zero-order valence-corrected chi connectivity index (χ0v) is 22.2. The number of amides is 3. The van der Waals surface area contributed by atoms with Crippen LogP contribution in [0.15, 0.2) is 48.5 Å². The number of hydrogen-bond donors (Lipinski definition) is 2. The van der Waals surface area contributed by atoms with Crippen LogP contribution in [0.3, 0.4) is 0 Å². The van der Waals surface area contributed by atoms with Gasteiger partial charge in [-0.15, -0.1) is 0 Å². The Morgan fingerprint density at radius 3 is 2.45 bits per heavy atom. The average molecular weight is 514 g/mol. The highest BCUT2D eigenvalue weighted by atomic mass is 16.2. The Balaban J connectivity index is 1.07. The van der Waals surface area contributed by atoms with Crippen LogP contribution in [0.1, 0.15) is 97.2 Å². The lowest BCUT2D eigenvalue weighted by atomic mass is 9.78. The SMILES string of the molecule is O=C1CCC(N2Cc3cc(C[C@H]4CCCC[C@@H]4N[C@H]4CC[C@H](c5ccccc5)CC4)ccc3C2=O)C(=O)N1. The Labute approximate surface area is 225 Å². The van der Waals surface area contributed by atoms with Crippen molar-refractivity contribution in [1.29, 1.82) is 0 Å². The molecule has 4 aliphatic rings. The maximum Gasteiger partial charge on any atom is 0.255 e. The van der Waals surface area contributed by atoms with Crippen LogP contribution in [0.4, 0.5) is 0 Å². The lowest BCUT2D eigenvalue weighted by Crippen LogP contribution is -2.52. The van der Waals surface area contributed by atoms with Crippen molar-refractivity contribution >= 4 is 17.7 Å². The van der Waals surface area contributed by atoms with Crippen molar-refractivity contribution in [1.82, 2.24) is 15.5 Å². The van der Waals surface area contributed by atoms with Crippen LogP contribution in [-0.2, 0) is 22.6 Å². The number of benzene rings is 2. The lowest BCUT2D eigenvalue weighted by Gasteiger charge is -2.38. The molecule has 2 aromatic rings. The van der Waals surface area contributed by atoms with Crippen molar-refractivity contribution in [3.05, 3.63) is 70.8 Å². The van der Waals surface area contributed by atoms with E-state index < -0.39 is 6.04 Å². The van der Waals surface area contributed by atoms with E-state index >= 15 is 0 Å². The molecule has 0 radical (unpaired) electrons. The first-order valence-electron chi connectivity index (χ1n) is 14.6. The molecule has 38 heavy (non-hydrogen) atoms. The maximum atomic E-state index is 13.1. The molecular formula is C32H39N3O3. The fourth-order valence-corrected chi connectivity index (χ4v) is 7.35. The molecule has 3 atom stereocenters. The molecule has 200 valence electrons. The highest BCUT2D eigenvalue weighted by Crippen LogP contribution is 2.35. The van der Waals surface area contributed by atoms with Crippen molar-refractivity contribution in [2.24, 2.45) is 5.92 Å². The van der Waals surface area contributed by atoms with E-state index in [1.54, 1.807) is 4.90 Å². The zero-order chi connectivity index (χ0) is 26.1. The molecule has 3 fully saturated rings. The quantitative estimate of drug-likeness (QED) is 0.541. The molecule has 1 unspecified atom stereocenters. The van der Waals surface area contributed by atoms with E-state index in [0.29, 0.717) is 42.4 Å². The number of carbonyl (C=O) groups excluding carboxylic acids is 3. The molecule has 3 amide bonds. The monoisotopic (exact) mass is 513 g/mol. The number of fused-ring (bicyclic) bond motifs is 1. The second-order valence-electron chi connectivity index (χ2n) is 11.9. The Hall–Kier alpha value is -2.99. The summed E-state index contributed by atoms with van der Waals surface area (Å²) in [6.45, 7) is 0.450. The number of rotatable bonds is 6. The predicted octanol–water partition coefficient (Wildman–Crippen LogP) is 4.86. The van der Waals surface area contributed by atoms with Crippen LogP contribution in [0.2, 0.25) is 0 Å². The fourth-order valence-electron chi connectivity index (χ4n) is 7.35. The van der Waals surface area contributed by atoms with Gasteiger partial charge in [-0.1, -0.05) is 55.3 Å². The van der Waals surface area contributed by atoms with E-state index in [-0.39, 0.29) is 24.1 Å². The van der Waals surface area contributed by atoms with Gasteiger partial charge >= 0.3 is 0 Å². The normalized spacial score (nSPS) is 29.7. The van der Waals surface area contributed by atoms with Gasteiger partial charge in [-0.2, -0.15) is 0 Å². The third-order valence-corrected chi connectivity index (χ3v) is 9.44. The van der Waals surface area contributed by atoms with Gasteiger partial charge in [0.15, 0.2) is 0 Å². The first kappa shape index (κ1) is 25.3. The molecule has 6 nitrogen and oxygen atoms in total. The number of carbonyl (C=O) groups is 3. The number of hydrogen-bond acceptors (Lipinski definition) is 4. The summed E-state index contributed by atoms with van der Waals surface area (Å²) in [5.74, 6) is 0.612. The Kier molecular flexibility index (Phi) is 7.33. The van der Waals surface area contributed by atoms with Crippen molar-refractivity contribution in [3.63, 3.8) is 0 Å². The van der Waals surface area contributed by atoms with Gasteiger partial charge < -0.3 is 10.2 Å². The molecule has 6 rings (SSSR count). The molecule has 2 aliphatic carbocycles. The summed E-state index contributed by atoms with van der Waals surface area (Å²) in [4.78, 5) is 38.6. The Morgan fingerprint density at radius 1 is 0.868 bits per heavy atom. The number of imide groups is 1. The predicted molar refractivity (Wildman–Crippen MR) is 147 cm³/mol. The Bertz CT molecular complexity index is 1190. The topological polar surface area (TPSA) is 78.5 Å². The third-order valence-electron chi connectivity index (χ3n) is 9.44. The van der Waals surface area contributed by atoms with E-state index in [1.165, 1.54) is 62.5 Å². The minimum absolute atomic E-state index is 0.0932. The molecule has 0 bridgehead atoms. The largest absolute Gasteiger partial charge is 0.322 e. The second-order valence-corrected chi connectivity index (χ2v) is 11.9. The minimum atomic E-state index is -0.556. The van der Waals surface area contributed by atoms with Crippen molar-refractivity contribution in [2.75, 3.05) is 0 Å². The van der Waals surface area contributed by atoms with E-state index in [0.717, 1.165) is 12.0 Å². The van der Waals surface area contributed by atoms with E-state index in [4.69, 9.17) is 0 Å². The molecule has 6 heteroatoms. The van der Waals surface area contributed by atoms with Gasteiger partial charge in [0, 0.05) is 30.6 Å². The molecule has 2 saturated carbocycles. The van der Waals surface area contributed by atoms with E-state index in [9.17, 15) is 14.4 Å². The number of nitrogens with zero attached hydrogens (tertiary/aromatic N) is 1. The number of piperidine rings is 1. The molecule has 2 N–H and O–H groups in total. The molecule has 2 aromatic carbocycles. The van der Waals surface area contributed by atoms with Crippen LogP contribution >= 0.6 is 0 Å². The fraction of sp³-hybridized carbons (Fsp3) is 0.531. The van der Waals surface area contributed by atoms with Gasteiger partial charge in [0.2, 0.25) is 11.8 Å². The highest BCUT2D eigenvalue weighted by molar-refractivity contribution is 6.05. The molecule has 2 aliphatic heterocycles. The summed E-state index contributed by atoms with van der Waals surface area (Å²) in [7, 11) is 0. The van der Waals surface area contributed by atoms with Crippen molar-refractivity contribution in [3.8, 4) is 0 Å². The summed E-state index contributed by atoms with van der Waals surface area (Å²) in [6, 6.07) is 17.9. The smallest absolute Gasteiger partial charge is 0.255 e. The van der Waals surface area contributed by atoms with Gasteiger partial charge in [0.05, 0.1) is 0 Å². The minimum Gasteiger partial charge on any atom is -0.322 e. The summed E-state index contributed by atoms with van der Waals surface area (Å²) >= 11 is 0. The van der Waals surface area contributed by atoms with Gasteiger partial charge in [-0.05, 0) is 86.0 Å². The first-order valence-corrected chi connectivity index (χ1v) is 14.6.